The van der Waals surface area contributed by atoms with Gasteiger partial charge in [-0.05, 0) is 45.6 Å². The van der Waals surface area contributed by atoms with Crippen molar-refractivity contribution in [1.82, 2.24) is 9.88 Å². The van der Waals surface area contributed by atoms with Crippen LogP contribution in [0.4, 0.5) is 0 Å². The summed E-state index contributed by atoms with van der Waals surface area (Å²) in [6.45, 7) is 3.23. The number of rotatable bonds is 8. The van der Waals surface area contributed by atoms with Crippen molar-refractivity contribution in [2.24, 2.45) is 0 Å². The summed E-state index contributed by atoms with van der Waals surface area (Å²) in [5.41, 5.74) is 1.31. The van der Waals surface area contributed by atoms with Gasteiger partial charge in [-0.3, -0.25) is 4.90 Å². The molecule has 5 nitrogen and oxygen atoms in total. The van der Waals surface area contributed by atoms with Crippen molar-refractivity contribution in [3.8, 4) is 0 Å². The molecular weight excluding hydrogens is 312 g/mol. The Bertz CT molecular complexity index is 465. The van der Waals surface area contributed by atoms with E-state index in [0.29, 0.717) is 19.8 Å². The number of aliphatic hydroxyl groups is 1. The van der Waals surface area contributed by atoms with Gasteiger partial charge < -0.3 is 14.6 Å². The first-order valence-corrected chi connectivity index (χ1v) is 9.56. The molecule has 0 aromatic carbocycles. The topological polar surface area (TPSA) is 54.8 Å². The van der Waals surface area contributed by atoms with E-state index in [1.165, 1.54) is 34.8 Å². The summed E-state index contributed by atoms with van der Waals surface area (Å²) in [4.78, 5) is 8.36. The van der Waals surface area contributed by atoms with Crippen molar-refractivity contribution in [3.63, 3.8) is 0 Å². The van der Waals surface area contributed by atoms with E-state index >= 15 is 0 Å². The molecule has 6 heteroatoms. The summed E-state index contributed by atoms with van der Waals surface area (Å²) < 4.78 is 11.1. The molecule has 0 saturated carbocycles. The summed E-state index contributed by atoms with van der Waals surface area (Å²) >= 11 is 1.84. The Hall–Kier alpha value is -0.530. The molecule has 1 aliphatic carbocycles. The summed E-state index contributed by atoms with van der Waals surface area (Å²) in [7, 11) is 2.03. The Morgan fingerprint density at radius 2 is 2.26 bits per heavy atom. The molecule has 23 heavy (non-hydrogen) atoms. The van der Waals surface area contributed by atoms with E-state index in [9.17, 15) is 5.11 Å². The number of hydrogen-bond donors (Lipinski definition) is 1. The SMILES string of the molecule is CN(Cc1nc2c(s1)CCCC2)CC(O)COCC1CCCO1. The molecule has 2 unspecified atom stereocenters. The quantitative estimate of drug-likeness (QED) is 0.784. The molecule has 1 aromatic heterocycles. The predicted molar refractivity (Wildman–Crippen MR) is 90.9 cm³/mol. The van der Waals surface area contributed by atoms with Gasteiger partial charge in [0.15, 0.2) is 0 Å². The predicted octanol–water partition coefficient (Wildman–Crippen LogP) is 2.01. The van der Waals surface area contributed by atoms with Gasteiger partial charge in [-0.15, -0.1) is 11.3 Å². The van der Waals surface area contributed by atoms with Gasteiger partial charge in [-0.25, -0.2) is 4.98 Å². The number of nitrogens with zero attached hydrogens (tertiary/aromatic N) is 2. The molecule has 3 rings (SSSR count). The molecule has 130 valence electrons. The lowest BCUT2D eigenvalue weighted by Gasteiger charge is -2.20. The molecule has 1 saturated heterocycles. The van der Waals surface area contributed by atoms with Crippen molar-refractivity contribution < 1.29 is 14.6 Å². The van der Waals surface area contributed by atoms with Gasteiger partial charge in [0, 0.05) is 18.0 Å². The van der Waals surface area contributed by atoms with Crippen molar-refractivity contribution >= 4 is 11.3 Å². The minimum Gasteiger partial charge on any atom is -0.389 e. The second-order valence-electron chi connectivity index (χ2n) is 6.71. The second kappa shape index (κ2) is 8.53. The van der Waals surface area contributed by atoms with Crippen LogP contribution in [0, 0.1) is 0 Å². The van der Waals surface area contributed by atoms with E-state index in [2.05, 4.69) is 4.90 Å². The maximum Gasteiger partial charge on any atom is 0.107 e. The minimum atomic E-state index is -0.462. The Morgan fingerprint density at radius 3 is 3.04 bits per heavy atom. The summed E-state index contributed by atoms with van der Waals surface area (Å²) in [6.07, 6.45) is 6.85. The maximum atomic E-state index is 10.1. The van der Waals surface area contributed by atoms with Crippen LogP contribution in [0.15, 0.2) is 0 Å². The first kappa shape index (κ1) is 17.3. The molecule has 1 N–H and O–H groups in total. The fourth-order valence-corrected chi connectivity index (χ4v) is 4.53. The summed E-state index contributed by atoms with van der Waals surface area (Å²) in [5, 5.41) is 11.3. The molecule has 0 amide bonds. The zero-order valence-electron chi connectivity index (χ0n) is 14.0. The third-order valence-electron chi connectivity index (χ3n) is 4.46. The van der Waals surface area contributed by atoms with Crippen LogP contribution in [0.2, 0.25) is 0 Å². The van der Waals surface area contributed by atoms with Gasteiger partial charge >= 0.3 is 0 Å². The number of thiazole rings is 1. The van der Waals surface area contributed by atoms with E-state index in [4.69, 9.17) is 14.5 Å². The number of aryl methyl sites for hydroxylation is 2. The first-order valence-electron chi connectivity index (χ1n) is 8.74. The van der Waals surface area contributed by atoms with Crippen LogP contribution in [-0.4, -0.2) is 60.6 Å². The van der Waals surface area contributed by atoms with Crippen LogP contribution in [0.25, 0.3) is 0 Å². The molecule has 0 bridgehead atoms. The highest BCUT2D eigenvalue weighted by atomic mass is 32.1. The van der Waals surface area contributed by atoms with E-state index in [1.807, 2.05) is 18.4 Å². The third kappa shape index (κ3) is 5.22. The van der Waals surface area contributed by atoms with E-state index in [0.717, 1.165) is 32.4 Å². The van der Waals surface area contributed by atoms with Crippen molar-refractivity contribution in [2.45, 2.75) is 57.3 Å². The van der Waals surface area contributed by atoms with Crippen LogP contribution in [0.5, 0.6) is 0 Å². The van der Waals surface area contributed by atoms with Gasteiger partial charge in [0.2, 0.25) is 0 Å². The normalized spacial score (nSPS) is 22.5. The number of hydrogen-bond acceptors (Lipinski definition) is 6. The highest BCUT2D eigenvalue weighted by Gasteiger charge is 2.18. The Balaban J connectivity index is 1.36. The Labute approximate surface area is 142 Å². The van der Waals surface area contributed by atoms with Gasteiger partial charge in [0.25, 0.3) is 0 Å². The molecule has 0 spiro atoms. The number of fused-ring (bicyclic) bond motifs is 1. The van der Waals surface area contributed by atoms with Crippen molar-refractivity contribution in [2.75, 3.05) is 33.4 Å². The number of aliphatic hydroxyl groups excluding tert-OH is 1. The van der Waals surface area contributed by atoms with Crippen molar-refractivity contribution in [3.05, 3.63) is 15.6 Å². The van der Waals surface area contributed by atoms with E-state index in [1.54, 1.807) is 0 Å². The van der Waals surface area contributed by atoms with Crippen LogP contribution >= 0.6 is 11.3 Å². The van der Waals surface area contributed by atoms with Crippen LogP contribution in [0.3, 0.4) is 0 Å². The molecule has 1 aliphatic heterocycles. The van der Waals surface area contributed by atoms with Crippen LogP contribution in [-0.2, 0) is 28.9 Å². The monoisotopic (exact) mass is 340 g/mol. The van der Waals surface area contributed by atoms with Crippen LogP contribution < -0.4 is 0 Å². The fraction of sp³-hybridized carbons (Fsp3) is 0.824. The average molecular weight is 340 g/mol. The lowest BCUT2D eigenvalue weighted by Crippen LogP contribution is -2.32. The Morgan fingerprint density at radius 1 is 1.39 bits per heavy atom. The minimum absolute atomic E-state index is 0.224. The second-order valence-corrected chi connectivity index (χ2v) is 7.88. The molecule has 1 aromatic rings. The number of ether oxygens (including phenoxy) is 2. The van der Waals surface area contributed by atoms with Crippen LogP contribution in [0.1, 0.15) is 41.3 Å². The molecule has 2 heterocycles. The summed E-state index contributed by atoms with van der Waals surface area (Å²) in [5.74, 6) is 0. The zero-order chi connectivity index (χ0) is 16.1. The number of likely N-dealkylation sites (N-methyl/N-ethyl adjacent to an activating group) is 1. The van der Waals surface area contributed by atoms with Gasteiger partial charge in [0.05, 0.1) is 37.7 Å². The third-order valence-corrected chi connectivity index (χ3v) is 5.60. The van der Waals surface area contributed by atoms with Crippen molar-refractivity contribution in [1.29, 1.82) is 0 Å². The highest BCUT2D eigenvalue weighted by molar-refractivity contribution is 7.11. The number of aromatic nitrogens is 1. The Kier molecular flexibility index (Phi) is 6.42. The fourth-order valence-electron chi connectivity index (χ4n) is 3.29. The van der Waals surface area contributed by atoms with Gasteiger partial charge in [-0.2, -0.15) is 0 Å². The van der Waals surface area contributed by atoms with Gasteiger partial charge in [-0.1, -0.05) is 0 Å². The molecule has 2 atom stereocenters. The maximum absolute atomic E-state index is 10.1. The van der Waals surface area contributed by atoms with E-state index < -0.39 is 6.10 Å². The van der Waals surface area contributed by atoms with E-state index in [-0.39, 0.29) is 6.10 Å². The molecular formula is C17H28N2O3S. The molecule has 2 aliphatic rings. The lowest BCUT2D eigenvalue weighted by molar-refractivity contribution is -0.0238. The first-order chi connectivity index (χ1) is 11.2. The van der Waals surface area contributed by atoms with Gasteiger partial charge in [0.1, 0.15) is 5.01 Å². The summed E-state index contributed by atoms with van der Waals surface area (Å²) in [6, 6.07) is 0. The molecule has 1 fully saturated rings. The largest absolute Gasteiger partial charge is 0.389 e. The average Bonchev–Trinajstić information content (AvgIpc) is 3.15. The molecule has 0 radical (unpaired) electrons. The standard InChI is InChI=1S/C17H28N2O3S/c1-19(9-13(20)11-21-12-14-5-4-8-22-14)10-17-18-15-6-2-3-7-16(15)23-17/h13-14,20H,2-12H2,1H3. The lowest BCUT2D eigenvalue weighted by atomic mass is 10.0. The highest BCUT2D eigenvalue weighted by Crippen LogP contribution is 2.27. The smallest absolute Gasteiger partial charge is 0.107 e. The zero-order valence-corrected chi connectivity index (χ0v) is 14.8.